The van der Waals surface area contributed by atoms with Gasteiger partial charge in [0.1, 0.15) is 11.5 Å². The monoisotopic (exact) mass is 353 g/mol. The van der Waals surface area contributed by atoms with Crippen molar-refractivity contribution in [1.29, 1.82) is 5.26 Å². The van der Waals surface area contributed by atoms with Gasteiger partial charge in [0, 0.05) is 5.56 Å². The van der Waals surface area contributed by atoms with E-state index >= 15 is 0 Å². The molecule has 0 unspecified atom stereocenters. The maximum atomic E-state index is 12.0. The highest BCUT2D eigenvalue weighted by Crippen LogP contribution is 2.18. The first-order valence-electron chi connectivity index (χ1n) is 8.03. The van der Waals surface area contributed by atoms with Crippen LogP contribution in [0, 0.1) is 11.3 Å². The highest BCUT2D eigenvalue weighted by molar-refractivity contribution is 5.95. The molecule has 7 nitrogen and oxygen atoms in total. The van der Waals surface area contributed by atoms with Crippen LogP contribution in [0.2, 0.25) is 0 Å². The summed E-state index contributed by atoms with van der Waals surface area (Å²) in [5, 5.41) is 8.74. The summed E-state index contributed by atoms with van der Waals surface area (Å²) in [7, 11) is 0. The Morgan fingerprint density at radius 2 is 1.65 bits per heavy atom. The number of ether oxygens (including phenoxy) is 2. The number of amides is 2. The number of carbonyl (C=O) groups is 2. The van der Waals surface area contributed by atoms with Crippen LogP contribution in [0.3, 0.4) is 0 Å². The van der Waals surface area contributed by atoms with Crippen LogP contribution in [0.1, 0.15) is 29.8 Å². The van der Waals surface area contributed by atoms with Crippen molar-refractivity contribution in [2.24, 2.45) is 0 Å². The van der Waals surface area contributed by atoms with Crippen LogP contribution >= 0.6 is 0 Å². The standard InChI is InChI=1S/C19H19N3O4/c1-3-25-16-8-10-17(11-9-16)26-13(2)18(23)21-22-19(24)15-6-4-14(12-20)5-7-15/h4-11,13H,3H2,1-2H3,(H,21,23)(H,22,24)/t13-/m0/s1. The van der Waals surface area contributed by atoms with E-state index in [0.717, 1.165) is 0 Å². The molecule has 0 heterocycles. The van der Waals surface area contributed by atoms with Crippen molar-refractivity contribution < 1.29 is 19.1 Å². The molecule has 0 radical (unpaired) electrons. The van der Waals surface area contributed by atoms with Gasteiger partial charge in [-0.2, -0.15) is 5.26 Å². The predicted octanol–water partition coefficient (Wildman–Crippen LogP) is 2.19. The number of hydrazine groups is 1. The summed E-state index contributed by atoms with van der Waals surface area (Å²) in [6, 6.07) is 14.9. The minimum Gasteiger partial charge on any atom is -0.494 e. The summed E-state index contributed by atoms with van der Waals surface area (Å²) < 4.78 is 10.9. The second-order valence-corrected chi connectivity index (χ2v) is 5.30. The van der Waals surface area contributed by atoms with Crippen LogP contribution in [0.25, 0.3) is 0 Å². The number of nitrogens with zero attached hydrogens (tertiary/aromatic N) is 1. The average molecular weight is 353 g/mol. The predicted molar refractivity (Wildman–Crippen MR) is 94.5 cm³/mol. The van der Waals surface area contributed by atoms with Crippen LogP contribution in [0.4, 0.5) is 0 Å². The van der Waals surface area contributed by atoms with Gasteiger partial charge < -0.3 is 9.47 Å². The van der Waals surface area contributed by atoms with E-state index in [1.54, 1.807) is 31.2 Å². The molecule has 2 aromatic rings. The minimum absolute atomic E-state index is 0.324. The zero-order valence-electron chi connectivity index (χ0n) is 14.5. The molecule has 0 saturated heterocycles. The van der Waals surface area contributed by atoms with Gasteiger partial charge in [0.05, 0.1) is 18.2 Å². The van der Waals surface area contributed by atoms with Crippen LogP contribution in [0.15, 0.2) is 48.5 Å². The van der Waals surface area contributed by atoms with E-state index < -0.39 is 17.9 Å². The maximum Gasteiger partial charge on any atom is 0.279 e. The van der Waals surface area contributed by atoms with E-state index in [-0.39, 0.29) is 0 Å². The Bertz CT molecular complexity index is 795. The lowest BCUT2D eigenvalue weighted by Gasteiger charge is -2.15. The first-order chi connectivity index (χ1) is 12.5. The molecule has 0 aliphatic carbocycles. The van der Waals surface area contributed by atoms with Gasteiger partial charge in [0.2, 0.25) is 0 Å². The molecule has 0 saturated carbocycles. The summed E-state index contributed by atoms with van der Waals surface area (Å²) in [4.78, 5) is 24.0. The van der Waals surface area contributed by atoms with Crippen molar-refractivity contribution in [3.8, 4) is 17.6 Å². The van der Waals surface area contributed by atoms with Gasteiger partial charge >= 0.3 is 0 Å². The molecule has 0 aliphatic rings. The lowest BCUT2D eigenvalue weighted by atomic mass is 10.1. The van der Waals surface area contributed by atoms with Gasteiger partial charge in [-0.3, -0.25) is 20.4 Å². The van der Waals surface area contributed by atoms with Crippen LogP contribution in [-0.4, -0.2) is 24.5 Å². The zero-order valence-corrected chi connectivity index (χ0v) is 14.5. The number of benzene rings is 2. The van der Waals surface area contributed by atoms with E-state index in [2.05, 4.69) is 10.9 Å². The molecule has 0 aliphatic heterocycles. The molecule has 2 N–H and O–H groups in total. The average Bonchev–Trinajstić information content (AvgIpc) is 2.67. The molecule has 2 amide bonds. The highest BCUT2D eigenvalue weighted by atomic mass is 16.5. The number of nitrogens with one attached hydrogen (secondary N) is 2. The fraction of sp³-hybridized carbons (Fsp3) is 0.211. The molecular formula is C19H19N3O4. The smallest absolute Gasteiger partial charge is 0.279 e. The third-order valence-electron chi connectivity index (χ3n) is 3.39. The Labute approximate surface area is 151 Å². The molecule has 2 aromatic carbocycles. The maximum absolute atomic E-state index is 12.0. The van der Waals surface area contributed by atoms with Crippen molar-refractivity contribution in [3.05, 3.63) is 59.7 Å². The Balaban J connectivity index is 1.84. The number of hydrogen-bond donors (Lipinski definition) is 2. The van der Waals surface area contributed by atoms with E-state index in [1.807, 2.05) is 13.0 Å². The summed E-state index contributed by atoms with van der Waals surface area (Å²) in [5.41, 5.74) is 5.39. The molecule has 1 atom stereocenters. The summed E-state index contributed by atoms with van der Waals surface area (Å²) in [6.07, 6.45) is -0.811. The SMILES string of the molecule is CCOc1ccc(O[C@@H](C)C(=O)NNC(=O)c2ccc(C#N)cc2)cc1. The fourth-order valence-corrected chi connectivity index (χ4v) is 2.03. The lowest BCUT2D eigenvalue weighted by Crippen LogP contribution is -2.47. The Morgan fingerprint density at radius 1 is 1.04 bits per heavy atom. The molecule has 26 heavy (non-hydrogen) atoms. The third-order valence-corrected chi connectivity index (χ3v) is 3.39. The first-order valence-corrected chi connectivity index (χ1v) is 8.03. The third kappa shape index (κ3) is 5.24. The summed E-state index contributed by atoms with van der Waals surface area (Å²) >= 11 is 0. The van der Waals surface area contributed by atoms with Crippen molar-refractivity contribution in [3.63, 3.8) is 0 Å². The molecule has 0 spiro atoms. The summed E-state index contributed by atoms with van der Waals surface area (Å²) in [6.45, 7) is 4.03. The van der Waals surface area contributed by atoms with Crippen molar-refractivity contribution >= 4 is 11.8 Å². The number of rotatable bonds is 6. The second kappa shape index (κ2) is 9.08. The summed E-state index contributed by atoms with van der Waals surface area (Å²) in [5.74, 6) is 0.234. The molecule has 0 bridgehead atoms. The van der Waals surface area contributed by atoms with Gasteiger partial charge in [0.15, 0.2) is 6.10 Å². The largest absolute Gasteiger partial charge is 0.494 e. The van der Waals surface area contributed by atoms with Gasteiger partial charge in [-0.1, -0.05) is 0 Å². The van der Waals surface area contributed by atoms with Crippen LogP contribution in [-0.2, 0) is 4.79 Å². The highest BCUT2D eigenvalue weighted by Gasteiger charge is 2.16. The number of carbonyl (C=O) groups excluding carboxylic acids is 2. The Hall–Kier alpha value is -3.53. The van der Waals surface area contributed by atoms with Crippen LogP contribution < -0.4 is 20.3 Å². The fourth-order valence-electron chi connectivity index (χ4n) is 2.03. The van der Waals surface area contributed by atoms with Crippen molar-refractivity contribution in [1.82, 2.24) is 10.9 Å². The minimum atomic E-state index is -0.811. The molecule has 0 aromatic heterocycles. The van der Waals surface area contributed by atoms with E-state index in [0.29, 0.717) is 29.2 Å². The molecule has 2 rings (SSSR count). The van der Waals surface area contributed by atoms with Gasteiger partial charge in [0.25, 0.3) is 11.8 Å². The van der Waals surface area contributed by atoms with Crippen molar-refractivity contribution in [2.45, 2.75) is 20.0 Å². The number of nitriles is 1. The van der Waals surface area contributed by atoms with Gasteiger partial charge in [-0.05, 0) is 62.4 Å². The topological polar surface area (TPSA) is 100 Å². The number of hydrogen-bond acceptors (Lipinski definition) is 5. The first kappa shape index (κ1) is 18.8. The van der Waals surface area contributed by atoms with E-state index in [1.165, 1.54) is 24.3 Å². The molecular weight excluding hydrogens is 334 g/mol. The van der Waals surface area contributed by atoms with Gasteiger partial charge in [-0.15, -0.1) is 0 Å². The van der Waals surface area contributed by atoms with Crippen molar-refractivity contribution in [2.75, 3.05) is 6.61 Å². The van der Waals surface area contributed by atoms with Gasteiger partial charge in [-0.25, -0.2) is 0 Å². The zero-order chi connectivity index (χ0) is 18.9. The normalized spacial score (nSPS) is 11.0. The van der Waals surface area contributed by atoms with Crippen LogP contribution in [0.5, 0.6) is 11.5 Å². The molecule has 7 heteroatoms. The Morgan fingerprint density at radius 3 is 2.23 bits per heavy atom. The lowest BCUT2D eigenvalue weighted by molar-refractivity contribution is -0.128. The van der Waals surface area contributed by atoms with E-state index in [4.69, 9.17) is 14.7 Å². The quantitative estimate of drug-likeness (QED) is 0.775. The Kier molecular flexibility index (Phi) is 6.57. The van der Waals surface area contributed by atoms with E-state index in [9.17, 15) is 9.59 Å². The molecule has 134 valence electrons. The second-order valence-electron chi connectivity index (χ2n) is 5.30. The molecule has 0 fully saturated rings.